The Morgan fingerprint density at radius 1 is 0.662 bits per heavy atom. The van der Waals surface area contributed by atoms with Gasteiger partial charge in [-0.05, 0) is 64.1 Å². The van der Waals surface area contributed by atoms with Crippen LogP contribution in [0.2, 0.25) is 17.3 Å². The average Bonchev–Trinajstić information content (AvgIpc) is 3.87. The fourth-order valence-electron chi connectivity index (χ4n) is 9.12. The van der Waals surface area contributed by atoms with Crippen LogP contribution >= 0.6 is 0 Å². The number of hydrogen-bond acceptors (Lipinski definition) is 4. The van der Waals surface area contributed by atoms with Crippen LogP contribution in [-0.2, 0) is 26.5 Å². The molecule has 0 fully saturated rings. The standard InChI is InChI=1S/C40H32N3O.C18H24GeN.Ir/c1-24(2)32-23-27-15-8-9-16-28(27)36(25(3)4)37(32)43-35-20-11-10-19-34(35)41-39(43)31-18-12-17-29-30-21-22-33(26-13-6-5-7-14-26)42-40(30)44-38(29)31;1-14(2)11-16-12-18(15-9-7-6-8-10-15)20-13-17(16)19(3,4)5;/h5-17,19-25H,1-4H3;6-9,12-14H,11H2,1-5H3;/q2*-1;. The number of benzene rings is 6. The van der Waals surface area contributed by atoms with Crippen molar-refractivity contribution in [3.8, 4) is 39.6 Å². The molecule has 10 rings (SSSR count). The van der Waals surface area contributed by atoms with Crippen LogP contribution < -0.4 is 4.40 Å². The van der Waals surface area contributed by atoms with Crippen molar-refractivity contribution in [3.05, 3.63) is 175 Å². The van der Waals surface area contributed by atoms with Crippen LogP contribution in [0, 0.1) is 18.1 Å². The molecule has 10 aromatic rings. The average molecular weight is 1090 g/mol. The van der Waals surface area contributed by atoms with Crippen LogP contribution in [0.3, 0.4) is 0 Å². The van der Waals surface area contributed by atoms with Crippen molar-refractivity contribution in [2.45, 2.75) is 77.1 Å². The molecular formula is C58H56GeIrN4O-2. The maximum Gasteiger partial charge on any atom is 0.216 e. The van der Waals surface area contributed by atoms with Gasteiger partial charge in [0, 0.05) is 36.7 Å². The monoisotopic (exact) mass is 1090 g/mol. The summed E-state index contributed by atoms with van der Waals surface area (Å²) in [6, 6.07) is 55.1. The van der Waals surface area contributed by atoms with E-state index in [1.54, 1.807) is 4.40 Å². The number of fused-ring (bicyclic) bond motifs is 5. The van der Waals surface area contributed by atoms with Gasteiger partial charge in [-0.1, -0.05) is 105 Å². The number of para-hydroxylation sites is 2. The van der Waals surface area contributed by atoms with Gasteiger partial charge in [0.05, 0.1) is 28.1 Å². The molecule has 0 unspecified atom stereocenters. The third kappa shape index (κ3) is 9.14. The molecule has 0 amide bonds. The Bertz CT molecular complexity index is 3270. The van der Waals surface area contributed by atoms with Crippen molar-refractivity contribution in [2.24, 2.45) is 5.92 Å². The molecule has 0 saturated carbocycles. The van der Waals surface area contributed by atoms with Gasteiger partial charge in [-0.15, -0.1) is 18.2 Å². The number of imidazole rings is 1. The summed E-state index contributed by atoms with van der Waals surface area (Å²) in [6.45, 7) is 13.7. The third-order valence-corrected chi connectivity index (χ3v) is 16.4. The molecule has 0 bridgehead atoms. The molecule has 0 N–H and O–H groups in total. The minimum absolute atomic E-state index is 0. The third-order valence-electron chi connectivity index (χ3n) is 12.1. The smallest absolute Gasteiger partial charge is 0.216 e. The predicted octanol–water partition coefficient (Wildman–Crippen LogP) is 15.1. The van der Waals surface area contributed by atoms with Crippen LogP contribution in [0.5, 0.6) is 0 Å². The summed E-state index contributed by atoms with van der Waals surface area (Å²) < 4.78 is 10.5. The molecule has 4 aromatic heterocycles. The second-order valence-electron chi connectivity index (χ2n) is 19.0. The van der Waals surface area contributed by atoms with Gasteiger partial charge in [-0.2, -0.15) is 0 Å². The second kappa shape index (κ2) is 19.1. The zero-order valence-electron chi connectivity index (χ0n) is 38.8. The number of rotatable bonds is 9. The molecule has 65 heavy (non-hydrogen) atoms. The van der Waals surface area contributed by atoms with Crippen molar-refractivity contribution >= 4 is 61.5 Å². The molecule has 0 aliphatic heterocycles. The maximum atomic E-state index is 6.62. The maximum absolute atomic E-state index is 6.62. The topological polar surface area (TPSA) is 56.7 Å². The van der Waals surface area contributed by atoms with Gasteiger partial charge in [0.1, 0.15) is 0 Å². The van der Waals surface area contributed by atoms with Gasteiger partial charge in [-0.3, -0.25) is 4.98 Å². The van der Waals surface area contributed by atoms with E-state index in [0.29, 0.717) is 17.5 Å². The van der Waals surface area contributed by atoms with Crippen molar-refractivity contribution < 1.29 is 24.5 Å². The fraction of sp³-hybridized carbons (Fsp3) is 0.224. The molecule has 329 valence electrons. The Kier molecular flexibility index (Phi) is 13.5. The number of hydrogen-bond donors (Lipinski definition) is 0. The van der Waals surface area contributed by atoms with Gasteiger partial charge >= 0.3 is 126 Å². The molecule has 6 aromatic carbocycles. The van der Waals surface area contributed by atoms with Gasteiger partial charge in [0.25, 0.3) is 0 Å². The van der Waals surface area contributed by atoms with Crippen LogP contribution in [0.1, 0.15) is 70.1 Å². The van der Waals surface area contributed by atoms with Crippen molar-refractivity contribution in [1.82, 2.24) is 19.5 Å². The Morgan fingerprint density at radius 3 is 2.12 bits per heavy atom. The molecular weight excluding hydrogens is 1030 g/mol. The van der Waals surface area contributed by atoms with E-state index in [1.165, 1.54) is 33.2 Å². The molecule has 7 heteroatoms. The van der Waals surface area contributed by atoms with E-state index in [4.69, 9.17) is 19.4 Å². The van der Waals surface area contributed by atoms with E-state index in [-0.39, 0.29) is 26.0 Å². The van der Waals surface area contributed by atoms with Crippen molar-refractivity contribution in [1.29, 1.82) is 0 Å². The first kappa shape index (κ1) is 45.9. The molecule has 0 aliphatic rings. The molecule has 0 atom stereocenters. The van der Waals surface area contributed by atoms with Gasteiger partial charge < -0.3 is 8.98 Å². The summed E-state index contributed by atoms with van der Waals surface area (Å²) in [5.41, 5.74) is 13.6. The summed E-state index contributed by atoms with van der Waals surface area (Å²) in [5, 5.41) is 4.52. The minimum Gasteiger partial charge on any atom is -0.486 e. The van der Waals surface area contributed by atoms with E-state index in [1.807, 2.05) is 42.5 Å². The molecule has 0 spiro atoms. The first-order chi connectivity index (χ1) is 30.9. The summed E-state index contributed by atoms with van der Waals surface area (Å²) in [6.07, 6.45) is 3.27. The SMILES string of the molecule is CC(C)Cc1cc(-c2[c-]cccc2)nc[c]1[Ge]([CH3])([CH3])[CH3].CC(C)c1cc2ccccc2c(C(C)C)c1-n1c(-c2[c-]ccc3c2oc2nc(-c4ccccc4)ccc23)nc2ccccc21.[Ir]. The normalized spacial score (nSPS) is 11.8. The number of furan rings is 1. The predicted molar refractivity (Wildman–Crippen MR) is 272 cm³/mol. The molecule has 1 radical (unpaired) electrons. The largest absolute Gasteiger partial charge is 0.486 e. The summed E-state index contributed by atoms with van der Waals surface area (Å²) in [4.78, 5) is 14.9. The van der Waals surface area contributed by atoms with Gasteiger partial charge in [0.15, 0.2) is 0 Å². The van der Waals surface area contributed by atoms with E-state index in [0.717, 1.165) is 67.7 Å². The Labute approximate surface area is 400 Å². The zero-order valence-corrected chi connectivity index (χ0v) is 43.3. The Balaban J connectivity index is 0.000000232. The van der Waals surface area contributed by atoms with Crippen LogP contribution in [0.15, 0.2) is 150 Å². The molecule has 4 heterocycles. The van der Waals surface area contributed by atoms with Crippen LogP contribution in [0.25, 0.3) is 83.5 Å². The van der Waals surface area contributed by atoms with Crippen molar-refractivity contribution in [3.63, 3.8) is 0 Å². The minimum atomic E-state index is -1.86. The first-order valence-electron chi connectivity index (χ1n) is 22.7. The first-order valence-corrected chi connectivity index (χ1v) is 30.0. The fourth-order valence-corrected chi connectivity index (χ4v) is 12.5. The Morgan fingerprint density at radius 2 is 1.40 bits per heavy atom. The van der Waals surface area contributed by atoms with Crippen LogP contribution in [0.4, 0.5) is 0 Å². The molecule has 0 aliphatic carbocycles. The molecule has 5 nitrogen and oxygen atoms in total. The summed E-state index contributed by atoms with van der Waals surface area (Å²) in [7, 11) is 0. The number of pyridine rings is 2. The zero-order chi connectivity index (χ0) is 44.7. The Hall–Kier alpha value is -5.66. The molecule has 0 saturated heterocycles. The van der Waals surface area contributed by atoms with Gasteiger partial charge in [0.2, 0.25) is 5.71 Å². The number of nitrogens with zero attached hydrogens (tertiary/aromatic N) is 4. The second-order valence-corrected chi connectivity index (χ2v) is 29.6. The van der Waals surface area contributed by atoms with E-state index < -0.39 is 13.3 Å². The van der Waals surface area contributed by atoms with E-state index in [9.17, 15) is 0 Å². The quantitative estimate of drug-likeness (QED) is 0.107. The van der Waals surface area contributed by atoms with Crippen molar-refractivity contribution in [2.75, 3.05) is 0 Å². The van der Waals surface area contributed by atoms with Gasteiger partial charge in [-0.25, -0.2) is 4.98 Å². The summed E-state index contributed by atoms with van der Waals surface area (Å²) in [5.74, 6) is 9.40. The van der Waals surface area contributed by atoms with E-state index >= 15 is 0 Å². The summed E-state index contributed by atoms with van der Waals surface area (Å²) >= 11 is -1.86. The van der Waals surface area contributed by atoms with E-state index in [2.05, 4.69) is 179 Å². The van der Waals surface area contributed by atoms with Crippen LogP contribution in [-0.4, -0.2) is 32.8 Å². The number of aromatic nitrogens is 4.